The highest BCUT2D eigenvalue weighted by Crippen LogP contribution is 2.16. The van der Waals surface area contributed by atoms with Crippen molar-refractivity contribution >= 4 is 17.8 Å². The predicted molar refractivity (Wildman–Crippen MR) is 111 cm³/mol. The van der Waals surface area contributed by atoms with Crippen LogP contribution in [0.4, 0.5) is 5.82 Å². The third-order valence-electron chi connectivity index (χ3n) is 3.69. The lowest BCUT2D eigenvalue weighted by atomic mass is 10.2. The molecule has 2 N–H and O–H groups in total. The third kappa shape index (κ3) is 10.5. The molecule has 0 aliphatic heterocycles. The molecule has 0 spiro atoms. The minimum Gasteiger partial charge on any atom is -0.497 e. The van der Waals surface area contributed by atoms with Gasteiger partial charge in [-0.1, -0.05) is 18.2 Å². The molecular weight excluding hydrogens is 374 g/mol. The number of hydrogen-bond donors (Lipinski definition) is 2. The van der Waals surface area contributed by atoms with Gasteiger partial charge in [0, 0.05) is 38.0 Å². The first-order chi connectivity index (χ1) is 13.8. The molecule has 0 saturated carbocycles. The number of rotatable bonds is 9. The number of pyridine rings is 1. The number of anilines is 1. The van der Waals surface area contributed by atoms with E-state index in [1.54, 1.807) is 7.11 Å². The fourth-order valence-corrected chi connectivity index (χ4v) is 2.23. The van der Waals surface area contributed by atoms with Crippen LogP contribution in [0.1, 0.15) is 5.56 Å². The van der Waals surface area contributed by atoms with Crippen LogP contribution in [-0.2, 0) is 16.1 Å². The Hall–Kier alpha value is -3.39. The van der Waals surface area contributed by atoms with E-state index >= 15 is 0 Å². The van der Waals surface area contributed by atoms with E-state index in [1.165, 1.54) is 5.56 Å². The van der Waals surface area contributed by atoms with Crippen molar-refractivity contribution in [3.05, 3.63) is 66.4 Å². The van der Waals surface area contributed by atoms with Gasteiger partial charge in [-0.15, -0.1) is 0 Å². The van der Waals surface area contributed by atoms with Crippen LogP contribution in [0.3, 0.4) is 0 Å². The molecule has 0 bridgehead atoms. The summed E-state index contributed by atoms with van der Waals surface area (Å²) in [7, 11) is 5.86. The maximum Gasteiger partial charge on any atom is 0.328 e. The molecule has 0 aliphatic rings. The summed E-state index contributed by atoms with van der Waals surface area (Å²) in [5, 5.41) is 15.6. The third-order valence-corrected chi connectivity index (χ3v) is 3.69. The molecule has 0 amide bonds. The Labute approximate surface area is 170 Å². The Bertz CT molecular complexity index is 761. The number of benzene rings is 1. The van der Waals surface area contributed by atoms with Crippen molar-refractivity contribution in [2.75, 3.05) is 39.2 Å². The number of methoxy groups -OCH3 is 1. The molecule has 1 heterocycles. The molecule has 2 rings (SSSR count). The number of nitrogens with zero attached hydrogens (tertiary/aromatic N) is 3. The van der Waals surface area contributed by atoms with Crippen LogP contribution < -0.4 is 9.64 Å². The second-order valence-corrected chi connectivity index (χ2v) is 6.27. The van der Waals surface area contributed by atoms with Crippen LogP contribution in [0, 0.1) is 0 Å². The van der Waals surface area contributed by atoms with Gasteiger partial charge in [-0.3, -0.25) is 0 Å². The lowest BCUT2D eigenvalue weighted by molar-refractivity contribution is -0.134. The average Bonchev–Trinajstić information content (AvgIpc) is 2.71. The first-order valence-electron chi connectivity index (χ1n) is 8.89. The maximum atomic E-state index is 9.55. The molecule has 0 unspecified atom stereocenters. The average molecular weight is 401 g/mol. The largest absolute Gasteiger partial charge is 0.497 e. The van der Waals surface area contributed by atoms with E-state index in [0.29, 0.717) is 12.2 Å². The highest BCUT2D eigenvalue weighted by Gasteiger charge is 2.09. The van der Waals surface area contributed by atoms with E-state index in [9.17, 15) is 9.59 Å². The van der Waals surface area contributed by atoms with Crippen molar-refractivity contribution in [3.8, 4) is 5.75 Å². The lowest BCUT2D eigenvalue weighted by Crippen LogP contribution is -2.31. The van der Waals surface area contributed by atoms with E-state index in [0.717, 1.165) is 31.2 Å². The number of carbonyl (C=O) groups is 2. The molecule has 29 heavy (non-hydrogen) atoms. The number of aliphatic carboxylic acids is 2. The lowest BCUT2D eigenvalue weighted by Gasteiger charge is -2.25. The quantitative estimate of drug-likeness (QED) is 0.618. The molecule has 1 aromatic heterocycles. The topological polar surface area (TPSA) is 103 Å². The Balaban J connectivity index is 0.000000447. The highest BCUT2D eigenvalue weighted by molar-refractivity contribution is 5.89. The van der Waals surface area contributed by atoms with E-state index in [1.807, 2.05) is 30.5 Å². The molecule has 0 atom stereocenters. The summed E-state index contributed by atoms with van der Waals surface area (Å²) in [5.41, 5.74) is 1.25. The fourth-order valence-electron chi connectivity index (χ4n) is 2.23. The van der Waals surface area contributed by atoms with Gasteiger partial charge in [0.2, 0.25) is 0 Å². The van der Waals surface area contributed by atoms with E-state index in [4.69, 9.17) is 14.9 Å². The molecule has 8 nitrogen and oxygen atoms in total. The Kier molecular flexibility index (Phi) is 10.5. The minimum atomic E-state index is -1.26. The molecule has 156 valence electrons. The van der Waals surface area contributed by atoms with Crippen molar-refractivity contribution in [1.82, 2.24) is 9.88 Å². The number of aromatic nitrogens is 1. The van der Waals surface area contributed by atoms with Gasteiger partial charge in [0.1, 0.15) is 11.6 Å². The van der Waals surface area contributed by atoms with Crippen molar-refractivity contribution in [3.63, 3.8) is 0 Å². The fraction of sp³-hybridized carbons (Fsp3) is 0.286. The first kappa shape index (κ1) is 23.6. The summed E-state index contributed by atoms with van der Waals surface area (Å²) in [6, 6.07) is 14.2. The number of likely N-dealkylation sites (N-methyl/N-ethyl adjacent to an activating group) is 1. The van der Waals surface area contributed by atoms with Gasteiger partial charge in [0.25, 0.3) is 0 Å². The second-order valence-electron chi connectivity index (χ2n) is 6.27. The molecule has 2 aromatic rings. The van der Waals surface area contributed by atoms with Crippen LogP contribution >= 0.6 is 0 Å². The summed E-state index contributed by atoms with van der Waals surface area (Å²) in [6.07, 6.45) is 2.96. The number of carboxylic acids is 2. The normalized spacial score (nSPS) is 10.3. The van der Waals surface area contributed by atoms with Gasteiger partial charge in [-0.25, -0.2) is 14.6 Å². The van der Waals surface area contributed by atoms with Crippen LogP contribution in [0.5, 0.6) is 5.75 Å². The van der Waals surface area contributed by atoms with Crippen LogP contribution in [0.25, 0.3) is 0 Å². The Morgan fingerprint density at radius 1 is 1.00 bits per heavy atom. The van der Waals surface area contributed by atoms with Crippen LogP contribution in [-0.4, -0.2) is 66.3 Å². The zero-order chi connectivity index (χ0) is 21.6. The molecular formula is C21H27N3O5. The summed E-state index contributed by atoms with van der Waals surface area (Å²) in [4.78, 5) is 28.1. The van der Waals surface area contributed by atoms with Crippen molar-refractivity contribution in [2.24, 2.45) is 0 Å². The number of ether oxygens (including phenoxy) is 1. The molecule has 8 heteroatoms. The maximum absolute atomic E-state index is 9.55. The summed E-state index contributed by atoms with van der Waals surface area (Å²) < 4.78 is 5.21. The molecule has 0 radical (unpaired) electrons. The summed E-state index contributed by atoms with van der Waals surface area (Å²) >= 11 is 0. The van der Waals surface area contributed by atoms with E-state index < -0.39 is 11.9 Å². The van der Waals surface area contributed by atoms with Gasteiger partial charge in [0.05, 0.1) is 7.11 Å². The highest BCUT2D eigenvalue weighted by atomic mass is 16.5. The van der Waals surface area contributed by atoms with Gasteiger partial charge >= 0.3 is 11.9 Å². The zero-order valence-corrected chi connectivity index (χ0v) is 16.9. The zero-order valence-electron chi connectivity index (χ0n) is 16.9. The van der Waals surface area contributed by atoms with Gasteiger partial charge < -0.3 is 24.7 Å². The molecule has 0 saturated heterocycles. The Morgan fingerprint density at radius 2 is 1.62 bits per heavy atom. The standard InChI is InChI=1S/C17H23N3O.C4H4O4/c1-19(2)12-13-20(17-6-4-5-11-18-17)14-15-7-9-16(21-3)10-8-15;5-3(6)1-2-4(7)8/h4-11H,12-14H2,1-3H3;1-2H,(H,5,6)(H,7,8). The summed E-state index contributed by atoms with van der Waals surface area (Å²) in [5.74, 6) is -0.619. The van der Waals surface area contributed by atoms with Crippen molar-refractivity contribution in [2.45, 2.75) is 6.54 Å². The SMILES string of the molecule is COc1ccc(CN(CCN(C)C)c2ccccn2)cc1.O=C(O)C=CC(=O)O. The first-order valence-corrected chi connectivity index (χ1v) is 8.89. The summed E-state index contributed by atoms with van der Waals surface area (Å²) in [6.45, 7) is 2.78. The molecule has 1 aromatic carbocycles. The monoisotopic (exact) mass is 401 g/mol. The number of carboxylic acid groups (broad SMARTS) is 2. The minimum absolute atomic E-state index is 0.558. The van der Waals surface area contributed by atoms with Crippen LogP contribution in [0.15, 0.2) is 60.8 Å². The van der Waals surface area contributed by atoms with Crippen molar-refractivity contribution < 1.29 is 24.5 Å². The number of hydrogen-bond acceptors (Lipinski definition) is 6. The Morgan fingerprint density at radius 3 is 2.07 bits per heavy atom. The predicted octanol–water partition coefficient (Wildman–Crippen LogP) is 2.37. The van der Waals surface area contributed by atoms with Crippen LogP contribution in [0.2, 0.25) is 0 Å². The van der Waals surface area contributed by atoms with Gasteiger partial charge in [-0.05, 0) is 43.9 Å². The van der Waals surface area contributed by atoms with Gasteiger partial charge in [0.15, 0.2) is 0 Å². The van der Waals surface area contributed by atoms with Crippen molar-refractivity contribution in [1.29, 1.82) is 0 Å². The second kappa shape index (κ2) is 12.9. The van der Waals surface area contributed by atoms with E-state index in [2.05, 4.69) is 47.1 Å². The van der Waals surface area contributed by atoms with Gasteiger partial charge in [-0.2, -0.15) is 0 Å². The molecule has 0 fully saturated rings. The molecule has 0 aliphatic carbocycles. The van der Waals surface area contributed by atoms with E-state index in [-0.39, 0.29) is 0 Å². The smallest absolute Gasteiger partial charge is 0.328 e.